The van der Waals surface area contributed by atoms with Crippen LogP contribution in [-0.2, 0) is 19.1 Å². The Morgan fingerprint density at radius 2 is 1.93 bits per heavy atom. The van der Waals surface area contributed by atoms with Gasteiger partial charge >= 0.3 is 5.97 Å². The fourth-order valence-corrected chi connectivity index (χ4v) is 3.11. The van der Waals surface area contributed by atoms with Crippen LogP contribution < -0.4 is 11.1 Å². The molecule has 30 heavy (non-hydrogen) atoms. The number of esters is 1. The second-order valence-corrected chi connectivity index (χ2v) is 8.28. The lowest BCUT2D eigenvalue weighted by atomic mass is 10.1. The molecule has 1 aliphatic heterocycles. The Morgan fingerprint density at radius 3 is 2.60 bits per heavy atom. The second-order valence-electron chi connectivity index (χ2n) is 8.28. The zero-order valence-electron chi connectivity index (χ0n) is 17.5. The van der Waals surface area contributed by atoms with Gasteiger partial charge in [-0.3, -0.25) is 9.59 Å². The van der Waals surface area contributed by atoms with E-state index in [2.05, 4.69) is 10.3 Å². The van der Waals surface area contributed by atoms with Crippen molar-refractivity contribution in [2.24, 2.45) is 5.73 Å². The van der Waals surface area contributed by atoms with Gasteiger partial charge in [-0.1, -0.05) is 0 Å². The van der Waals surface area contributed by atoms with Crippen LogP contribution in [0.3, 0.4) is 0 Å². The van der Waals surface area contributed by atoms with Crippen molar-refractivity contribution in [1.29, 1.82) is 0 Å². The number of nitrogens with zero attached hydrogens (tertiary/aromatic N) is 1. The third-order valence-electron chi connectivity index (χ3n) is 4.60. The Labute approximate surface area is 174 Å². The molecule has 0 unspecified atom stereocenters. The molecule has 1 aromatic heterocycles. The fraction of sp³-hybridized carbons (Fsp3) is 0.476. The summed E-state index contributed by atoms with van der Waals surface area (Å²) < 4.78 is 10.6. The van der Waals surface area contributed by atoms with E-state index in [1.54, 1.807) is 49.9 Å². The molecule has 2 aromatic rings. The van der Waals surface area contributed by atoms with E-state index >= 15 is 0 Å². The van der Waals surface area contributed by atoms with E-state index in [4.69, 9.17) is 15.2 Å². The standard InChI is InChI=1S/C21H28N4O5/c1-21(2,3)30-20(28)17-11-13-10-14(4-5-16(13)24-17)23-19(27)15(22)12-18(26)25-6-8-29-9-7-25/h4-5,10-11,15,24H,6-9,12,22H2,1-3H3,(H,23,27)/t15-/m0/s1. The van der Waals surface area contributed by atoms with E-state index in [1.807, 2.05) is 0 Å². The number of benzene rings is 1. The average Bonchev–Trinajstić information content (AvgIpc) is 3.11. The van der Waals surface area contributed by atoms with Crippen molar-refractivity contribution in [3.8, 4) is 0 Å². The molecule has 1 atom stereocenters. The van der Waals surface area contributed by atoms with Gasteiger partial charge in [-0.05, 0) is 45.0 Å². The highest BCUT2D eigenvalue weighted by Crippen LogP contribution is 2.22. The van der Waals surface area contributed by atoms with Crippen molar-refractivity contribution in [2.45, 2.75) is 38.8 Å². The van der Waals surface area contributed by atoms with Crippen LogP contribution in [0.25, 0.3) is 10.9 Å². The van der Waals surface area contributed by atoms with Crippen molar-refractivity contribution >= 4 is 34.4 Å². The van der Waals surface area contributed by atoms with Crippen molar-refractivity contribution in [2.75, 3.05) is 31.6 Å². The first-order chi connectivity index (χ1) is 14.1. The molecular weight excluding hydrogens is 388 g/mol. The molecule has 2 amide bonds. The number of ether oxygens (including phenoxy) is 2. The lowest BCUT2D eigenvalue weighted by Crippen LogP contribution is -2.45. The molecule has 1 aromatic carbocycles. The van der Waals surface area contributed by atoms with Crippen LogP contribution in [0.1, 0.15) is 37.7 Å². The first-order valence-corrected chi connectivity index (χ1v) is 9.90. The number of amides is 2. The van der Waals surface area contributed by atoms with E-state index in [-0.39, 0.29) is 12.3 Å². The van der Waals surface area contributed by atoms with E-state index in [1.165, 1.54) is 0 Å². The molecular formula is C21H28N4O5. The SMILES string of the molecule is CC(C)(C)OC(=O)c1cc2cc(NC(=O)[C@@H](N)CC(=O)N3CCOCC3)ccc2[nH]1. The van der Waals surface area contributed by atoms with Crippen molar-refractivity contribution in [3.63, 3.8) is 0 Å². The second kappa shape index (κ2) is 8.85. The number of morpholine rings is 1. The molecule has 9 nitrogen and oxygen atoms in total. The minimum absolute atomic E-state index is 0.0684. The van der Waals surface area contributed by atoms with Crippen LogP contribution in [0.4, 0.5) is 5.69 Å². The van der Waals surface area contributed by atoms with E-state index in [9.17, 15) is 14.4 Å². The number of aromatic nitrogens is 1. The summed E-state index contributed by atoms with van der Waals surface area (Å²) >= 11 is 0. The number of hydrogen-bond donors (Lipinski definition) is 3. The number of carbonyl (C=O) groups excluding carboxylic acids is 3. The molecule has 0 spiro atoms. The molecule has 162 valence electrons. The maximum Gasteiger partial charge on any atom is 0.355 e. The summed E-state index contributed by atoms with van der Waals surface area (Å²) in [7, 11) is 0. The number of fused-ring (bicyclic) bond motifs is 1. The minimum atomic E-state index is -0.959. The lowest BCUT2D eigenvalue weighted by Gasteiger charge is -2.27. The zero-order valence-corrected chi connectivity index (χ0v) is 17.5. The summed E-state index contributed by atoms with van der Waals surface area (Å²) in [4.78, 5) is 41.6. The number of aromatic amines is 1. The largest absolute Gasteiger partial charge is 0.455 e. The Hall–Kier alpha value is -2.91. The van der Waals surface area contributed by atoms with Crippen LogP contribution in [-0.4, -0.2) is 65.6 Å². The molecule has 9 heteroatoms. The maximum absolute atomic E-state index is 12.4. The molecule has 0 saturated carbocycles. The van der Waals surface area contributed by atoms with Gasteiger partial charge in [0.1, 0.15) is 11.3 Å². The summed E-state index contributed by atoms with van der Waals surface area (Å²) in [6, 6.07) is 5.89. The maximum atomic E-state index is 12.4. The highest BCUT2D eigenvalue weighted by atomic mass is 16.6. The molecule has 0 bridgehead atoms. The Balaban J connectivity index is 1.62. The van der Waals surface area contributed by atoms with Crippen LogP contribution >= 0.6 is 0 Å². The van der Waals surface area contributed by atoms with Gasteiger partial charge in [0.25, 0.3) is 0 Å². The van der Waals surface area contributed by atoms with Gasteiger partial charge in [0.05, 0.1) is 25.7 Å². The Bertz CT molecular complexity index is 941. The Morgan fingerprint density at radius 1 is 1.23 bits per heavy atom. The van der Waals surface area contributed by atoms with Crippen molar-refractivity contribution in [3.05, 3.63) is 30.0 Å². The molecule has 1 aliphatic rings. The first kappa shape index (κ1) is 21.8. The van der Waals surface area contributed by atoms with Crippen LogP contribution in [0.2, 0.25) is 0 Å². The van der Waals surface area contributed by atoms with Gasteiger partial charge in [0.2, 0.25) is 11.8 Å². The number of carbonyl (C=O) groups is 3. The van der Waals surface area contributed by atoms with Crippen molar-refractivity contribution in [1.82, 2.24) is 9.88 Å². The van der Waals surface area contributed by atoms with Gasteiger partial charge in [-0.15, -0.1) is 0 Å². The molecule has 0 aliphatic carbocycles. The van der Waals surface area contributed by atoms with Crippen molar-refractivity contribution < 1.29 is 23.9 Å². The van der Waals surface area contributed by atoms with Gasteiger partial charge in [-0.25, -0.2) is 4.79 Å². The van der Waals surface area contributed by atoms with E-state index in [0.717, 1.165) is 10.9 Å². The topological polar surface area (TPSA) is 127 Å². The summed E-state index contributed by atoms with van der Waals surface area (Å²) in [5.41, 5.74) is 6.93. The first-order valence-electron chi connectivity index (χ1n) is 9.90. The molecule has 0 radical (unpaired) electrons. The number of nitrogens with two attached hydrogens (primary N) is 1. The number of H-pyrrole nitrogens is 1. The molecule has 4 N–H and O–H groups in total. The van der Waals surface area contributed by atoms with Gasteiger partial charge in [0, 0.05) is 29.7 Å². The molecule has 1 fully saturated rings. The highest BCUT2D eigenvalue weighted by Gasteiger charge is 2.23. The number of nitrogens with one attached hydrogen (secondary N) is 2. The molecule has 3 rings (SSSR count). The number of hydrogen-bond acceptors (Lipinski definition) is 6. The molecule has 2 heterocycles. The summed E-state index contributed by atoms with van der Waals surface area (Å²) in [6.07, 6.45) is -0.0684. The van der Waals surface area contributed by atoms with Crippen LogP contribution in [0.15, 0.2) is 24.3 Å². The predicted molar refractivity (Wildman–Crippen MR) is 112 cm³/mol. The number of rotatable bonds is 5. The van der Waals surface area contributed by atoms with Crippen LogP contribution in [0.5, 0.6) is 0 Å². The lowest BCUT2D eigenvalue weighted by molar-refractivity contribution is -0.137. The highest BCUT2D eigenvalue weighted by molar-refractivity contribution is 6.00. The summed E-state index contributed by atoms with van der Waals surface area (Å²) in [5, 5.41) is 3.47. The minimum Gasteiger partial charge on any atom is -0.455 e. The van der Waals surface area contributed by atoms with Gasteiger partial charge in [-0.2, -0.15) is 0 Å². The van der Waals surface area contributed by atoms with E-state index in [0.29, 0.717) is 37.7 Å². The zero-order chi connectivity index (χ0) is 21.9. The smallest absolute Gasteiger partial charge is 0.355 e. The monoisotopic (exact) mass is 416 g/mol. The quantitative estimate of drug-likeness (QED) is 0.636. The van der Waals surface area contributed by atoms with Gasteiger partial charge < -0.3 is 30.4 Å². The van der Waals surface area contributed by atoms with Gasteiger partial charge in [0.15, 0.2) is 0 Å². The average molecular weight is 416 g/mol. The van der Waals surface area contributed by atoms with E-state index < -0.39 is 23.5 Å². The summed E-state index contributed by atoms with van der Waals surface area (Å²) in [6.45, 7) is 7.41. The predicted octanol–water partition coefficient (Wildman–Crippen LogP) is 1.64. The normalized spacial score (nSPS) is 15.7. The van der Waals surface area contributed by atoms with Crippen LogP contribution in [0, 0.1) is 0 Å². The fourth-order valence-electron chi connectivity index (χ4n) is 3.11. The molecule has 1 saturated heterocycles. The summed E-state index contributed by atoms with van der Waals surface area (Å²) in [5.74, 6) is -1.06. The third-order valence-corrected chi connectivity index (χ3v) is 4.60. The third kappa shape index (κ3) is 5.58. The number of anilines is 1. The Kier molecular flexibility index (Phi) is 6.42.